The quantitative estimate of drug-likeness (QED) is 0.428. The van der Waals surface area contributed by atoms with Gasteiger partial charge < -0.3 is 14.6 Å². The number of phenols is 1. The highest BCUT2D eigenvalue weighted by Crippen LogP contribution is 2.38. The van der Waals surface area contributed by atoms with Crippen LogP contribution in [0.25, 0.3) is 0 Å². The van der Waals surface area contributed by atoms with Gasteiger partial charge in [-0.2, -0.15) is 5.10 Å². The Kier molecular flexibility index (Phi) is 7.27. The minimum absolute atomic E-state index is 0.128. The lowest BCUT2D eigenvalue weighted by Gasteiger charge is -2.12. The van der Waals surface area contributed by atoms with Crippen molar-refractivity contribution in [3.63, 3.8) is 0 Å². The molecule has 0 aliphatic heterocycles. The van der Waals surface area contributed by atoms with Gasteiger partial charge in [0.25, 0.3) is 5.91 Å². The van der Waals surface area contributed by atoms with Gasteiger partial charge in [-0.15, -0.1) is 0 Å². The Morgan fingerprint density at radius 2 is 2.00 bits per heavy atom. The summed E-state index contributed by atoms with van der Waals surface area (Å²) in [4.78, 5) is 11.8. The van der Waals surface area contributed by atoms with Crippen LogP contribution in [0.2, 0.25) is 0 Å². The molecule has 0 atom stereocenters. The summed E-state index contributed by atoms with van der Waals surface area (Å²) < 4.78 is 12.7. The van der Waals surface area contributed by atoms with Crippen LogP contribution in [0.5, 0.6) is 17.2 Å². The van der Waals surface area contributed by atoms with Crippen molar-refractivity contribution in [3.8, 4) is 17.2 Å². The molecule has 0 aromatic heterocycles. The Labute approximate surface area is 169 Å². The van der Waals surface area contributed by atoms with Crippen LogP contribution >= 0.6 is 47.8 Å². The van der Waals surface area contributed by atoms with Crippen molar-refractivity contribution in [1.29, 1.82) is 0 Å². The SMILES string of the molecule is COc1cc(Br)cc(Br)c1OCC(=O)NN=Cc1ccc(O)c(Br)c1. The van der Waals surface area contributed by atoms with Crippen molar-refractivity contribution >= 4 is 59.9 Å². The zero-order valence-electron chi connectivity index (χ0n) is 12.9. The van der Waals surface area contributed by atoms with Crippen molar-refractivity contribution in [2.45, 2.75) is 0 Å². The molecule has 2 aromatic rings. The third-order valence-electron chi connectivity index (χ3n) is 2.92. The van der Waals surface area contributed by atoms with Gasteiger partial charge in [0.2, 0.25) is 0 Å². The maximum absolute atomic E-state index is 11.8. The van der Waals surface area contributed by atoms with E-state index in [4.69, 9.17) is 9.47 Å². The number of rotatable bonds is 6. The highest BCUT2D eigenvalue weighted by atomic mass is 79.9. The average Bonchev–Trinajstić information content (AvgIpc) is 2.56. The molecule has 2 rings (SSSR count). The normalized spacial score (nSPS) is 10.7. The predicted octanol–water partition coefficient (Wildman–Crippen LogP) is 4.22. The fourth-order valence-electron chi connectivity index (χ4n) is 1.78. The van der Waals surface area contributed by atoms with E-state index in [0.29, 0.717) is 26.0 Å². The van der Waals surface area contributed by atoms with Gasteiger partial charge in [0.05, 0.1) is 22.3 Å². The Morgan fingerprint density at radius 1 is 1.24 bits per heavy atom. The number of methoxy groups -OCH3 is 1. The smallest absolute Gasteiger partial charge is 0.277 e. The van der Waals surface area contributed by atoms with Crippen molar-refractivity contribution < 1.29 is 19.4 Å². The summed E-state index contributed by atoms with van der Waals surface area (Å²) in [6.45, 7) is -0.229. The Hall–Kier alpha value is -1.58. The molecule has 132 valence electrons. The molecule has 0 unspecified atom stereocenters. The number of hydrogen-bond acceptors (Lipinski definition) is 5. The maximum Gasteiger partial charge on any atom is 0.277 e. The Bertz CT molecular complexity index is 812. The standard InChI is InChI=1S/C16H13Br3N2O4/c1-24-14-6-10(17)5-12(19)16(14)25-8-15(23)21-20-7-9-2-3-13(22)11(18)4-9/h2-7,22H,8H2,1H3,(H,21,23). The van der Waals surface area contributed by atoms with Crippen LogP contribution in [0.1, 0.15) is 5.56 Å². The van der Waals surface area contributed by atoms with Gasteiger partial charge in [0.15, 0.2) is 18.1 Å². The molecule has 0 bridgehead atoms. The second-order valence-corrected chi connectivity index (χ2v) is 7.34. The number of amides is 1. The molecule has 9 heteroatoms. The first-order valence-corrected chi connectivity index (χ1v) is 9.25. The number of ether oxygens (including phenoxy) is 2. The van der Waals surface area contributed by atoms with Crippen molar-refractivity contribution in [1.82, 2.24) is 5.43 Å². The van der Waals surface area contributed by atoms with Crippen LogP contribution in [-0.4, -0.2) is 30.9 Å². The zero-order chi connectivity index (χ0) is 18.4. The average molecular weight is 537 g/mol. The Balaban J connectivity index is 1.93. The van der Waals surface area contributed by atoms with E-state index in [1.165, 1.54) is 19.4 Å². The summed E-state index contributed by atoms with van der Waals surface area (Å²) in [6, 6.07) is 8.38. The number of aromatic hydroxyl groups is 1. The summed E-state index contributed by atoms with van der Waals surface area (Å²) in [7, 11) is 1.52. The highest BCUT2D eigenvalue weighted by molar-refractivity contribution is 9.11. The zero-order valence-corrected chi connectivity index (χ0v) is 17.7. The summed E-state index contributed by atoms with van der Waals surface area (Å²) in [6.07, 6.45) is 1.46. The van der Waals surface area contributed by atoms with Gasteiger partial charge in [-0.25, -0.2) is 5.43 Å². The van der Waals surface area contributed by atoms with E-state index in [-0.39, 0.29) is 12.4 Å². The topological polar surface area (TPSA) is 80.2 Å². The molecule has 0 aliphatic carbocycles. The highest BCUT2D eigenvalue weighted by Gasteiger charge is 2.12. The molecule has 0 heterocycles. The van der Waals surface area contributed by atoms with Crippen molar-refractivity contribution in [2.24, 2.45) is 5.10 Å². The lowest BCUT2D eigenvalue weighted by Crippen LogP contribution is -2.24. The van der Waals surface area contributed by atoms with Crippen LogP contribution in [0.15, 0.2) is 48.9 Å². The molecule has 0 radical (unpaired) electrons. The molecule has 0 saturated heterocycles. The summed E-state index contributed by atoms with van der Waals surface area (Å²) in [5.41, 5.74) is 3.08. The molecular formula is C16H13Br3N2O4. The van der Waals surface area contributed by atoms with Crippen LogP contribution in [0, 0.1) is 0 Å². The molecule has 2 N–H and O–H groups in total. The number of halogens is 3. The van der Waals surface area contributed by atoms with E-state index in [2.05, 4.69) is 58.3 Å². The predicted molar refractivity (Wildman–Crippen MR) is 105 cm³/mol. The first kappa shape index (κ1) is 19.7. The largest absolute Gasteiger partial charge is 0.507 e. The molecule has 0 spiro atoms. The molecule has 1 amide bonds. The molecule has 25 heavy (non-hydrogen) atoms. The first-order valence-electron chi connectivity index (χ1n) is 6.87. The number of phenolic OH excluding ortho intramolecular Hbond substituents is 1. The molecule has 0 fully saturated rings. The second kappa shape index (κ2) is 9.21. The fourth-order valence-corrected chi connectivity index (χ4v) is 3.48. The third-order valence-corrected chi connectivity index (χ3v) is 4.60. The fraction of sp³-hybridized carbons (Fsp3) is 0.125. The maximum atomic E-state index is 11.8. The first-order chi connectivity index (χ1) is 11.9. The minimum atomic E-state index is -0.425. The number of carbonyl (C=O) groups is 1. The van der Waals surface area contributed by atoms with Crippen LogP contribution < -0.4 is 14.9 Å². The van der Waals surface area contributed by atoms with Crippen LogP contribution in [-0.2, 0) is 4.79 Å². The number of carbonyl (C=O) groups excluding carboxylic acids is 1. The van der Waals surface area contributed by atoms with Crippen molar-refractivity contribution in [3.05, 3.63) is 49.3 Å². The number of benzene rings is 2. The number of nitrogens with zero attached hydrogens (tertiary/aromatic N) is 1. The van der Waals surface area contributed by atoms with E-state index < -0.39 is 5.91 Å². The lowest BCUT2D eigenvalue weighted by atomic mass is 10.2. The molecular weight excluding hydrogens is 524 g/mol. The van der Waals surface area contributed by atoms with Crippen molar-refractivity contribution in [2.75, 3.05) is 13.7 Å². The molecule has 6 nitrogen and oxygen atoms in total. The molecule has 2 aromatic carbocycles. The van der Waals surface area contributed by atoms with E-state index >= 15 is 0 Å². The van der Waals surface area contributed by atoms with Crippen LogP contribution in [0.3, 0.4) is 0 Å². The summed E-state index contributed by atoms with van der Waals surface area (Å²) >= 11 is 9.92. The van der Waals surface area contributed by atoms with E-state index in [9.17, 15) is 9.90 Å². The van der Waals surface area contributed by atoms with E-state index in [1.807, 2.05) is 0 Å². The summed E-state index contributed by atoms with van der Waals surface area (Å²) in [5, 5.41) is 13.3. The monoisotopic (exact) mass is 534 g/mol. The van der Waals surface area contributed by atoms with E-state index in [0.717, 1.165) is 4.47 Å². The van der Waals surface area contributed by atoms with Gasteiger partial charge in [0, 0.05) is 4.47 Å². The number of hydrogen-bond donors (Lipinski definition) is 2. The Morgan fingerprint density at radius 3 is 2.68 bits per heavy atom. The second-order valence-electron chi connectivity index (χ2n) is 4.71. The summed E-state index contributed by atoms with van der Waals surface area (Å²) in [5.74, 6) is 0.619. The van der Waals surface area contributed by atoms with Gasteiger partial charge >= 0.3 is 0 Å². The van der Waals surface area contributed by atoms with Gasteiger partial charge in [0.1, 0.15) is 5.75 Å². The minimum Gasteiger partial charge on any atom is -0.507 e. The van der Waals surface area contributed by atoms with Gasteiger partial charge in [-0.1, -0.05) is 15.9 Å². The number of hydrazone groups is 1. The third kappa shape index (κ3) is 5.72. The molecule has 0 saturated carbocycles. The van der Waals surface area contributed by atoms with Gasteiger partial charge in [-0.05, 0) is 67.8 Å². The number of nitrogens with one attached hydrogen (secondary N) is 1. The molecule has 0 aliphatic rings. The lowest BCUT2D eigenvalue weighted by molar-refractivity contribution is -0.123. The van der Waals surface area contributed by atoms with Gasteiger partial charge in [-0.3, -0.25) is 4.79 Å². The van der Waals surface area contributed by atoms with Crippen LogP contribution in [0.4, 0.5) is 0 Å². The van der Waals surface area contributed by atoms with E-state index in [1.54, 1.807) is 24.3 Å².